The molecule has 1 aliphatic rings. The van der Waals surface area contributed by atoms with E-state index < -0.39 is 23.4 Å². The molecule has 1 aromatic carbocycles. The molecule has 12 heteroatoms. The van der Waals surface area contributed by atoms with Crippen molar-refractivity contribution in [2.45, 2.75) is 43.3 Å². The van der Waals surface area contributed by atoms with Crippen LogP contribution in [0.5, 0.6) is 0 Å². The first kappa shape index (κ1) is 32.7. The molecule has 0 amide bonds. The molecule has 0 saturated heterocycles. The van der Waals surface area contributed by atoms with Gasteiger partial charge in [0.25, 0.3) is 0 Å². The van der Waals surface area contributed by atoms with Crippen molar-refractivity contribution in [3.05, 3.63) is 64.7 Å². The average Bonchev–Trinajstić information content (AvgIpc) is 3.20. The fourth-order valence-electron chi connectivity index (χ4n) is 4.29. The first-order valence-corrected chi connectivity index (χ1v) is 12.1. The first-order valence-electron chi connectivity index (χ1n) is 11.2. The van der Waals surface area contributed by atoms with Crippen LogP contribution < -0.4 is 5.32 Å². The van der Waals surface area contributed by atoms with Crippen molar-refractivity contribution >= 4 is 30.9 Å². The van der Waals surface area contributed by atoms with E-state index in [0.717, 1.165) is 29.3 Å². The average molecular weight is 557 g/mol. The molecule has 0 aliphatic heterocycles. The molecule has 1 aliphatic carbocycles. The summed E-state index contributed by atoms with van der Waals surface area (Å²) in [6, 6.07) is 14.4. The number of nitrogens with one attached hydrogen (secondary N) is 1. The summed E-state index contributed by atoms with van der Waals surface area (Å²) >= 11 is 1.37. The lowest BCUT2D eigenvalue weighted by Gasteiger charge is -2.23. The van der Waals surface area contributed by atoms with Gasteiger partial charge in [-0.3, -0.25) is 4.79 Å². The number of alkyl halides is 3. The van der Waals surface area contributed by atoms with Crippen molar-refractivity contribution in [3.8, 4) is 10.6 Å². The molecular weight excluding hydrogens is 525 g/mol. The van der Waals surface area contributed by atoms with Gasteiger partial charge in [-0.15, -0.1) is 11.3 Å². The number of methoxy groups -OCH3 is 1. The minimum atomic E-state index is -4.47. The number of thiophene rings is 1. The van der Waals surface area contributed by atoms with E-state index in [-0.39, 0.29) is 11.1 Å². The number of carbonyl (C=O) groups excluding carboxylic acids is 2. The third kappa shape index (κ3) is 7.36. The van der Waals surface area contributed by atoms with E-state index in [1.807, 2.05) is 56.9 Å². The van der Waals surface area contributed by atoms with E-state index in [1.165, 1.54) is 11.3 Å². The van der Waals surface area contributed by atoms with Crippen molar-refractivity contribution < 1.29 is 41.9 Å². The third-order valence-corrected chi connectivity index (χ3v) is 7.13. The minimum absolute atomic E-state index is 0.223. The van der Waals surface area contributed by atoms with Gasteiger partial charge in [0, 0.05) is 30.1 Å². The maximum absolute atomic E-state index is 12.2. The van der Waals surface area contributed by atoms with Crippen LogP contribution in [0.1, 0.15) is 35.5 Å². The number of halogens is 3. The number of carboxylic acids is 1. The highest BCUT2D eigenvalue weighted by Gasteiger charge is 2.71. The number of aromatic nitrogens is 1. The Morgan fingerprint density at radius 1 is 1.18 bits per heavy atom. The van der Waals surface area contributed by atoms with Crippen LogP contribution in [-0.2, 0) is 30.7 Å². The monoisotopic (exact) mass is 556 g/mol. The van der Waals surface area contributed by atoms with Gasteiger partial charge in [-0.25, -0.2) is 0 Å². The van der Waals surface area contributed by atoms with Gasteiger partial charge in [0.2, 0.25) is 5.76 Å². The van der Waals surface area contributed by atoms with Crippen LogP contribution in [0.3, 0.4) is 0 Å². The SMILES string of the molecule is C=O.C=O.CNC1(C(=O)O)CC1(CCCOC)c1ccccc1.Cc1ccc(-c2cc(C(F)(F)F)on2)s1. The van der Waals surface area contributed by atoms with E-state index in [9.17, 15) is 23.1 Å². The molecule has 208 valence electrons. The van der Waals surface area contributed by atoms with Crippen LogP contribution in [0.15, 0.2) is 53.1 Å². The van der Waals surface area contributed by atoms with Crippen molar-refractivity contribution in [3.63, 3.8) is 0 Å². The van der Waals surface area contributed by atoms with Gasteiger partial charge in [-0.1, -0.05) is 35.5 Å². The van der Waals surface area contributed by atoms with Crippen LogP contribution in [0.25, 0.3) is 10.6 Å². The Morgan fingerprint density at radius 2 is 1.82 bits per heavy atom. The van der Waals surface area contributed by atoms with Gasteiger partial charge in [0.1, 0.15) is 24.8 Å². The Morgan fingerprint density at radius 3 is 2.24 bits per heavy atom. The van der Waals surface area contributed by atoms with Crippen LogP contribution in [0, 0.1) is 6.92 Å². The Kier molecular flexibility index (Phi) is 12.5. The zero-order valence-corrected chi connectivity index (χ0v) is 22.2. The summed E-state index contributed by atoms with van der Waals surface area (Å²) in [5.41, 5.74) is 0.179. The summed E-state index contributed by atoms with van der Waals surface area (Å²) < 4.78 is 45.9. The largest absolute Gasteiger partial charge is 0.480 e. The molecule has 1 saturated carbocycles. The maximum Gasteiger partial charge on any atom is 0.452 e. The summed E-state index contributed by atoms with van der Waals surface area (Å²) in [5.74, 6) is -1.83. The van der Waals surface area contributed by atoms with Crippen molar-refractivity contribution in [1.82, 2.24) is 10.5 Å². The van der Waals surface area contributed by atoms with E-state index in [2.05, 4.69) is 15.0 Å². The lowest BCUT2D eigenvalue weighted by molar-refractivity contribution is -0.155. The van der Waals surface area contributed by atoms with Gasteiger partial charge in [0.05, 0.1) is 4.88 Å². The summed E-state index contributed by atoms with van der Waals surface area (Å²) in [6.07, 6.45) is -2.16. The topological polar surface area (TPSA) is 119 Å². The standard InChI is InChI=1S/C15H21NO3.C9H6F3NOS.2CH2O/c1-16-15(13(17)18)11-14(15,9-6-10-19-2)12-7-4-3-5-8-12;1-5-2-3-7(15-5)6-4-8(14-13-6)9(10,11)12;2*1-2/h3-5,7-8,16H,6,9-11H2,1-2H3,(H,17,18);2-4H,1H3;2*1H2. The van der Waals surface area contributed by atoms with Crippen molar-refractivity contribution in [1.29, 1.82) is 0 Å². The number of aliphatic carboxylic acids is 1. The fraction of sp³-hybridized carbons (Fsp3) is 0.385. The van der Waals surface area contributed by atoms with Crippen LogP contribution in [-0.4, -0.2) is 56.1 Å². The van der Waals surface area contributed by atoms with Crippen LogP contribution in [0.4, 0.5) is 13.2 Å². The molecule has 2 N–H and O–H groups in total. The van der Waals surface area contributed by atoms with Gasteiger partial charge in [0.15, 0.2) is 0 Å². The van der Waals surface area contributed by atoms with E-state index >= 15 is 0 Å². The molecule has 1 fully saturated rings. The molecule has 0 bridgehead atoms. The molecule has 3 aromatic rings. The highest BCUT2D eigenvalue weighted by molar-refractivity contribution is 7.15. The zero-order valence-electron chi connectivity index (χ0n) is 21.3. The molecular formula is C26H31F3N2O6S. The van der Waals surface area contributed by atoms with Crippen molar-refractivity contribution in [2.75, 3.05) is 20.8 Å². The highest BCUT2D eigenvalue weighted by atomic mass is 32.1. The van der Waals surface area contributed by atoms with Gasteiger partial charge >= 0.3 is 12.1 Å². The van der Waals surface area contributed by atoms with Crippen molar-refractivity contribution in [2.24, 2.45) is 0 Å². The molecule has 8 nitrogen and oxygen atoms in total. The number of nitrogens with zero attached hydrogens (tertiary/aromatic N) is 1. The smallest absolute Gasteiger partial charge is 0.452 e. The van der Waals surface area contributed by atoms with E-state index in [1.54, 1.807) is 20.2 Å². The molecule has 2 aromatic heterocycles. The Labute approximate surface area is 222 Å². The molecule has 38 heavy (non-hydrogen) atoms. The normalized spacial score (nSPS) is 19.5. The highest BCUT2D eigenvalue weighted by Crippen LogP contribution is 2.60. The number of rotatable bonds is 8. The zero-order chi connectivity index (χ0) is 29.0. The summed E-state index contributed by atoms with van der Waals surface area (Å²) in [7, 11) is 3.40. The second kappa shape index (κ2) is 14.6. The van der Waals surface area contributed by atoms with Crippen LogP contribution >= 0.6 is 11.3 Å². The quantitative estimate of drug-likeness (QED) is 0.366. The molecule has 0 spiro atoms. The number of hydrogen-bond acceptors (Lipinski definition) is 8. The molecule has 0 radical (unpaired) electrons. The second-order valence-electron chi connectivity index (χ2n) is 8.17. The Bertz CT molecular complexity index is 1140. The lowest BCUT2D eigenvalue weighted by atomic mass is 9.86. The lowest BCUT2D eigenvalue weighted by Crippen LogP contribution is -2.44. The molecule has 2 heterocycles. The number of carbonyl (C=O) groups is 3. The van der Waals surface area contributed by atoms with E-state index in [0.29, 0.717) is 17.9 Å². The Hall–Kier alpha value is -3.35. The number of hydrogen-bond donors (Lipinski definition) is 2. The summed E-state index contributed by atoms with van der Waals surface area (Å²) in [5, 5.41) is 16.0. The third-order valence-electron chi connectivity index (χ3n) is 6.11. The number of ether oxygens (including phenoxy) is 1. The molecule has 4 rings (SSSR count). The van der Waals surface area contributed by atoms with Gasteiger partial charge in [-0.2, -0.15) is 13.2 Å². The van der Waals surface area contributed by atoms with E-state index in [4.69, 9.17) is 14.3 Å². The fourth-order valence-corrected chi connectivity index (χ4v) is 5.11. The summed E-state index contributed by atoms with van der Waals surface area (Å²) in [4.78, 5) is 29.3. The maximum atomic E-state index is 12.2. The number of likely N-dealkylation sites (N-methyl/N-ethyl adjacent to an activating group) is 1. The predicted molar refractivity (Wildman–Crippen MR) is 137 cm³/mol. The number of aryl methyl sites for hydroxylation is 1. The minimum Gasteiger partial charge on any atom is -0.480 e. The molecule has 2 atom stereocenters. The summed E-state index contributed by atoms with van der Waals surface area (Å²) in [6.45, 7) is 6.53. The Balaban J connectivity index is 0.000000343. The van der Waals surface area contributed by atoms with Crippen LogP contribution in [0.2, 0.25) is 0 Å². The number of carboxylic acid groups (broad SMARTS) is 1. The van der Waals surface area contributed by atoms with Gasteiger partial charge in [-0.05, 0) is 50.9 Å². The van der Waals surface area contributed by atoms with Gasteiger partial charge < -0.3 is 29.3 Å². The number of benzene rings is 1. The second-order valence-corrected chi connectivity index (χ2v) is 9.45. The molecule has 2 unspecified atom stereocenters. The first-order chi connectivity index (χ1) is 18.1. The predicted octanol–water partition coefficient (Wildman–Crippen LogP) is 5.16.